The van der Waals surface area contributed by atoms with Crippen molar-refractivity contribution in [1.29, 1.82) is 0 Å². The standard InChI is InChI=1S/C18H23NS/c1-19(16-11-7-2-3-8-12-16)18-17(13-14-20-18)15-9-5-4-6-10-15/h4-6,9-10,13-14,16H,2-3,7-8,11-12H2,1H3. The highest BCUT2D eigenvalue weighted by molar-refractivity contribution is 7.14. The van der Waals surface area contributed by atoms with Crippen molar-refractivity contribution in [2.75, 3.05) is 11.9 Å². The predicted octanol–water partition coefficient (Wildman–Crippen LogP) is 5.57. The Kier molecular flexibility index (Phi) is 4.41. The molecule has 1 heterocycles. The lowest BCUT2D eigenvalue weighted by atomic mass is 10.1. The molecule has 3 rings (SSSR count). The zero-order valence-electron chi connectivity index (χ0n) is 12.2. The minimum Gasteiger partial charge on any atom is -0.363 e. The van der Waals surface area contributed by atoms with Crippen LogP contribution in [0.15, 0.2) is 41.8 Å². The largest absolute Gasteiger partial charge is 0.363 e. The molecule has 20 heavy (non-hydrogen) atoms. The van der Waals surface area contributed by atoms with Crippen molar-refractivity contribution in [2.45, 2.75) is 44.6 Å². The molecule has 0 aliphatic heterocycles. The van der Waals surface area contributed by atoms with E-state index in [1.165, 1.54) is 54.7 Å². The molecular weight excluding hydrogens is 262 g/mol. The highest BCUT2D eigenvalue weighted by atomic mass is 32.1. The number of anilines is 1. The lowest BCUT2D eigenvalue weighted by Crippen LogP contribution is -2.30. The van der Waals surface area contributed by atoms with E-state index in [2.05, 4.69) is 53.7 Å². The van der Waals surface area contributed by atoms with Crippen molar-refractivity contribution in [2.24, 2.45) is 0 Å². The third-order valence-corrected chi connectivity index (χ3v) is 5.43. The molecule has 1 aromatic carbocycles. The minimum atomic E-state index is 0.721. The topological polar surface area (TPSA) is 3.24 Å². The summed E-state index contributed by atoms with van der Waals surface area (Å²) in [6, 6.07) is 13.8. The van der Waals surface area contributed by atoms with Gasteiger partial charge >= 0.3 is 0 Å². The molecule has 0 atom stereocenters. The van der Waals surface area contributed by atoms with Crippen molar-refractivity contribution in [1.82, 2.24) is 0 Å². The monoisotopic (exact) mass is 285 g/mol. The van der Waals surface area contributed by atoms with E-state index in [4.69, 9.17) is 0 Å². The summed E-state index contributed by atoms with van der Waals surface area (Å²) in [5.74, 6) is 0. The van der Waals surface area contributed by atoms with Crippen LogP contribution >= 0.6 is 11.3 Å². The van der Waals surface area contributed by atoms with E-state index in [0.717, 1.165) is 6.04 Å². The zero-order valence-corrected chi connectivity index (χ0v) is 13.0. The van der Waals surface area contributed by atoms with Crippen LogP contribution in [0.3, 0.4) is 0 Å². The van der Waals surface area contributed by atoms with Crippen LogP contribution in [0, 0.1) is 0 Å². The van der Waals surface area contributed by atoms with E-state index in [-0.39, 0.29) is 0 Å². The fourth-order valence-corrected chi connectivity index (χ4v) is 4.18. The van der Waals surface area contributed by atoms with Crippen LogP contribution in [0.5, 0.6) is 0 Å². The second-order valence-electron chi connectivity index (χ2n) is 5.76. The van der Waals surface area contributed by atoms with Gasteiger partial charge in [-0.1, -0.05) is 56.0 Å². The van der Waals surface area contributed by atoms with Gasteiger partial charge in [0.15, 0.2) is 0 Å². The number of hydrogen-bond donors (Lipinski definition) is 0. The van der Waals surface area contributed by atoms with Crippen molar-refractivity contribution in [3.8, 4) is 11.1 Å². The van der Waals surface area contributed by atoms with Gasteiger partial charge in [0.25, 0.3) is 0 Å². The van der Waals surface area contributed by atoms with Crippen LogP contribution in [0.2, 0.25) is 0 Å². The maximum absolute atomic E-state index is 2.54. The Balaban J connectivity index is 1.85. The molecule has 2 aromatic rings. The van der Waals surface area contributed by atoms with Gasteiger partial charge in [-0.15, -0.1) is 11.3 Å². The second-order valence-corrected chi connectivity index (χ2v) is 6.66. The van der Waals surface area contributed by atoms with Crippen molar-refractivity contribution in [3.05, 3.63) is 41.8 Å². The summed E-state index contributed by atoms with van der Waals surface area (Å²) >= 11 is 1.88. The van der Waals surface area contributed by atoms with E-state index in [0.29, 0.717) is 0 Å². The second kappa shape index (κ2) is 6.45. The maximum Gasteiger partial charge on any atom is 0.0988 e. The number of benzene rings is 1. The average Bonchev–Trinajstić information content (AvgIpc) is 2.82. The Labute approximate surface area is 126 Å². The Hall–Kier alpha value is -1.28. The normalized spacial score (nSPS) is 16.9. The molecular formula is C18H23NS. The first-order valence-corrected chi connectivity index (χ1v) is 8.60. The number of rotatable bonds is 3. The van der Waals surface area contributed by atoms with E-state index >= 15 is 0 Å². The van der Waals surface area contributed by atoms with E-state index < -0.39 is 0 Å². The Bertz CT molecular complexity index is 523. The molecule has 0 amide bonds. The van der Waals surface area contributed by atoms with Gasteiger partial charge in [0.2, 0.25) is 0 Å². The molecule has 1 saturated carbocycles. The zero-order chi connectivity index (χ0) is 13.8. The van der Waals surface area contributed by atoms with Gasteiger partial charge in [0, 0.05) is 18.7 Å². The van der Waals surface area contributed by atoms with Crippen LogP contribution in [0.25, 0.3) is 11.1 Å². The third-order valence-electron chi connectivity index (χ3n) is 4.42. The van der Waals surface area contributed by atoms with E-state index in [9.17, 15) is 0 Å². The summed E-state index contributed by atoms with van der Waals surface area (Å²) in [7, 11) is 2.29. The van der Waals surface area contributed by atoms with Crippen molar-refractivity contribution < 1.29 is 0 Å². The van der Waals surface area contributed by atoms with Crippen LogP contribution in [0.4, 0.5) is 5.00 Å². The fourth-order valence-electron chi connectivity index (χ4n) is 3.22. The first-order chi connectivity index (χ1) is 9.86. The van der Waals surface area contributed by atoms with Gasteiger partial charge in [-0.3, -0.25) is 0 Å². The van der Waals surface area contributed by atoms with Gasteiger partial charge in [0.05, 0.1) is 5.00 Å². The molecule has 2 heteroatoms. The Morgan fingerprint density at radius 1 is 0.950 bits per heavy atom. The summed E-state index contributed by atoms with van der Waals surface area (Å²) < 4.78 is 0. The molecule has 0 N–H and O–H groups in total. The van der Waals surface area contributed by atoms with Gasteiger partial charge < -0.3 is 4.90 Å². The molecule has 0 unspecified atom stereocenters. The predicted molar refractivity (Wildman–Crippen MR) is 89.6 cm³/mol. The quantitative estimate of drug-likeness (QED) is 0.666. The first kappa shape index (κ1) is 13.7. The summed E-state index contributed by atoms with van der Waals surface area (Å²) in [6.07, 6.45) is 8.31. The van der Waals surface area contributed by atoms with E-state index in [1.54, 1.807) is 0 Å². The van der Waals surface area contributed by atoms with E-state index in [1.807, 2.05) is 11.3 Å². The minimum absolute atomic E-state index is 0.721. The molecule has 0 radical (unpaired) electrons. The van der Waals surface area contributed by atoms with Crippen molar-refractivity contribution in [3.63, 3.8) is 0 Å². The van der Waals surface area contributed by atoms with Crippen LogP contribution in [-0.2, 0) is 0 Å². The van der Waals surface area contributed by atoms with Crippen LogP contribution in [-0.4, -0.2) is 13.1 Å². The molecule has 1 aliphatic rings. The van der Waals surface area contributed by atoms with Crippen LogP contribution in [0.1, 0.15) is 38.5 Å². The smallest absolute Gasteiger partial charge is 0.0988 e. The summed E-state index contributed by atoms with van der Waals surface area (Å²) in [5.41, 5.74) is 2.73. The highest BCUT2D eigenvalue weighted by Crippen LogP contribution is 2.38. The number of hydrogen-bond acceptors (Lipinski definition) is 2. The Morgan fingerprint density at radius 2 is 1.65 bits per heavy atom. The molecule has 106 valence electrons. The highest BCUT2D eigenvalue weighted by Gasteiger charge is 2.20. The SMILES string of the molecule is CN(c1sccc1-c1ccccc1)C1CCCCCC1. The molecule has 0 saturated heterocycles. The number of nitrogens with zero attached hydrogens (tertiary/aromatic N) is 1. The molecule has 1 aromatic heterocycles. The van der Waals surface area contributed by atoms with Crippen molar-refractivity contribution >= 4 is 16.3 Å². The lowest BCUT2D eigenvalue weighted by molar-refractivity contribution is 0.556. The molecule has 1 aliphatic carbocycles. The van der Waals surface area contributed by atoms with Gasteiger partial charge in [-0.25, -0.2) is 0 Å². The lowest BCUT2D eigenvalue weighted by Gasteiger charge is -2.29. The molecule has 1 fully saturated rings. The summed E-state index contributed by atoms with van der Waals surface area (Å²) in [5, 5.41) is 3.66. The fraction of sp³-hybridized carbons (Fsp3) is 0.444. The maximum atomic E-state index is 2.54. The average molecular weight is 285 g/mol. The Morgan fingerprint density at radius 3 is 2.35 bits per heavy atom. The van der Waals surface area contributed by atoms with Gasteiger partial charge in [-0.05, 0) is 29.9 Å². The first-order valence-electron chi connectivity index (χ1n) is 7.72. The van der Waals surface area contributed by atoms with Gasteiger partial charge in [0.1, 0.15) is 0 Å². The molecule has 0 bridgehead atoms. The summed E-state index contributed by atoms with van der Waals surface area (Å²) in [4.78, 5) is 2.54. The van der Waals surface area contributed by atoms with Gasteiger partial charge in [-0.2, -0.15) is 0 Å². The number of thiophene rings is 1. The molecule has 1 nitrogen and oxygen atoms in total. The van der Waals surface area contributed by atoms with Crippen LogP contribution < -0.4 is 4.90 Å². The third kappa shape index (κ3) is 2.90. The molecule has 0 spiro atoms. The summed E-state index contributed by atoms with van der Waals surface area (Å²) in [6.45, 7) is 0.